The summed E-state index contributed by atoms with van der Waals surface area (Å²) >= 11 is 9.48. The first kappa shape index (κ1) is 23.1. The molecule has 0 aromatic heterocycles. The molecule has 1 atom stereocenters. The van der Waals surface area contributed by atoms with E-state index in [2.05, 4.69) is 57.9 Å². The maximum absolute atomic E-state index is 12.5. The predicted molar refractivity (Wildman–Crippen MR) is 101 cm³/mol. The van der Waals surface area contributed by atoms with Crippen LogP contribution in [-0.2, 0) is 9.57 Å². The number of aliphatic hydroxyl groups is 2. The first-order valence-corrected chi connectivity index (χ1v) is 9.29. The van der Waals surface area contributed by atoms with E-state index in [0.717, 1.165) is 0 Å². The standard InChI is InChI=1S/C14H15Br3N2O7/c1-25-4-6(22)7-10(15)8(13(23)19-2-5(21)3-20)12(17)9(11(7)16)14(24)26-18/h5,20-21H,2-4,18H2,1H3,(H,19,23). The summed E-state index contributed by atoms with van der Waals surface area (Å²) in [5.41, 5.74) is -0.301. The minimum atomic E-state index is -1.17. The average Bonchev–Trinajstić information content (AvgIpc) is 2.59. The molecule has 5 N–H and O–H groups in total. The molecule has 0 aliphatic heterocycles. The Labute approximate surface area is 173 Å². The van der Waals surface area contributed by atoms with E-state index in [1.54, 1.807) is 0 Å². The average molecular weight is 563 g/mol. The van der Waals surface area contributed by atoms with Crippen LogP contribution in [0.2, 0.25) is 0 Å². The largest absolute Gasteiger partial charge is 0.394 e. The van der Waals surface area contributed by atoms with Gasteiger partial charge < -0.3 is 25.1 Å². The van der Waals surface area contributed by atoms with Crippen LogP contribution in [0, 0.1) is 0 Å². The predicted octanol–water partition coefficient (Wildman–Crippen LogP) is 0.917. The SMILES string of the molecule is COCC(=O)c1c(Br)c(C(=O)NCC(O)CO)c(Br)c(C(=O)ON)c1Br. The number of rotatable bonds is 8. The number of methoxy groups -OCH3 is 1. The highest BCUT2D eigenvalue weighted by Crippen LogP contribution is 2.39. The van der Waals surface area contributed by atoms with Gasteiger partial charge in [-0.05, 0) is 47.8 Å². The van der Waals surface area contributed by atoms with Crippen LogP contribution in [0.25, 0.3) is 0 Å². The van der Waals surface area contributed by atoms with Crippen molar-refractivity contribution in [1.29, 1.82) is 0 Å². The molecule has 0 spiro atoms. The molecule has 0 aliphatic carbocycles. The van der Waals surface area contributed by atoms with E-state index in [1.807, 2.05) is 0 Å². The molecular formula is C14H15Br3N2O7. The van der Waals surface area contributed by atoms with Gasteiger partial charge in [0, 0.05) is 27.1 Å². The van der Waals surface area contributed by atoms with Crippen LogP contribution in [0.1, 0.15) is 31.1 Å². The lowest BCUT2D eigenvalue weighted by Gasteiger charge is -2.17. The van der Waals surface area contributed by atoms with Crippen LogP contribution in [0.5, 0.6) is 0 Å². The summed E-state index contributed by atoms with van der Waals surface area (Å²) in [7, 11) is 1.32. The van der Waals surface area contributed by atoms with Gasteiger partial charge in [-0.1, -0.05) is 0 Å². The Bertz CT molecular complexity index is 727. The van der Waals surface area contributed by atoms with E-state index in [4.69, 9.17) is 15.7 Å². The normalized spacial score (nSPS) is 11.8. The zero-order valence-electron chi connectivity index (χ0n) is 13.3. The molecule has 0 aliphatic rings. The Kier molecular flexibility index (Phi) is 9.30. The molecule has 26 heavy (non-hydrogen) atoms. The highest BCUT2D eigenvalue weighted by atomic mass is 79.9. The summed E-state index contributed by atoms with van der Waals surface area (Å²) in [6, 6.07) is 0. The summed E-state index contributed by atoms with van der Waals surface area (Å²) in [4.78, 5) is 41.1. The van der Waals surface area contributed by atoms with Gasteiger partial charge in [-0.2, -0.15) is 5.90 Å². The van der Waals surface area contributed by atoms with Crippen LogP contribution in [0.4, 0.5) is 0 Å². The molecule has 9 nitrogen and oxygen atoms in total. The van der Waals surface area contributed by atoms with Crippen molar-refractivity contribution in [1.82, 2.24) is 5.32 Å². The van der Waals surface area contributed by atoms with E-state index in [1.165, 1.54) is 7.11 Å². The van der Waals surface area contributed by atoms with Gasteiger partial charge in [0.2, 0.25) is 0 Å². The summed E-state index contributed by atoms with van der Waals surface area (Å²) < 4.78 is 4.97. The first-order valence-electron chi connectivity index (χ1n) is 6.91. The Morgan fingerprint density at radius 2 is 1.65 bits per heavy atom. The molecule has 1 amide bonds. The third-order valence-corrected chi connectivity index (χ3v) is 5.50. The molecule has 0 heterocycles. The van der Waals surface area contributed by atoms with Crippen LogP contribution >= 0.6 is 47.8 Å². The third kappa shape index (κ3) is 5.09. The van der Waals surface area contributed by atoms with Gasteiger partial charge in [0.25, 0.3) is 5.91 Å². The van der Waals surface area contributed by atoms with Crippen molar-refractivity contribution in [3.63, 3.8) is 0 Å². The maximum Gasteiger partial charge on any atom is 0.358 e. The molecule has 12 heteroatoms. The van der Waals surface area contributed by atoms with Crippen molar-refractivity contribution in [2.24, 2.45) is 5.90 Å². The summed E-state index contributed by atoms with van der Waals surface area (Å²) in [5, 5.41) is 20.6. The fraction of sp³-hybridized carbons (Fsp3) is 0.357. The van der Waals surface area contributed by atoms with Gasteiger partial charge in [0.1, 0.15) is 6.61 Å². The lowest BCUT2D eigenvalue weighted by atomic mass is 10.0. The van der Waals surface area contributed by atoms with Gasteiger partial charge in [-0.15, -0.1) is 0 Å². The number of amides is 1. The zero-order chi connectivity index (χ0) is 20.0. The number of benzene rings is 1. The highest BCUT2D eigenvalue weighted by Gasteiger charge is 2.31. The molecule has 0 radical (unpaired) electrons. The van der Waals surface area contributed by atoms with Crippen molar-refractivity contribution < 1.29 is 34.2 Å². The van der Waals surface area contributed by atoms with Gasteiger partial charge in [-0.3, -0.25) is 9.59 Å². The van der Waals surface area contributed by atoms with E-state index >= 15 is 0 Å². The number of hydrogen-bond acceptors (Lipinski definition) is 8. The van der Waals surface area contributed by atoms with Crippen LogP contribution in [0.15, 0.2) is 13.4 Å². The van der Waals surface area contributed by atoms with Gasteiger partial charge in [-0.25, -0.2) is 4.79 Å². The number of hydrogen-bond donors (Lipinski definition) is 4. The first-order chi connectivity index (χ1) is 12.2. The second kappa shape index (κ2) is 10.4. The molecule has 1 rings (SSSR count). The Hall–Kier alpha value is -0.890. The van der Waals surface area contributed by atoms with Crippen molar-refractivity contribution in [2.75, 3.05) is 26.9 Å². The topological polar surface area (TPSA) is 148 Å². The summed E-state index contributed by atoms with van der Waals surface area (Å²) in [5.74, 6) is 2.70. The van der Waals surface area contributed by atoms with Gasteiger partial charge >= 0.3 is 5.97 Å². The molecule has 1 aromatic rings. The maximum atomic E-state index is 12.5. The lowest BCUT2D eigenvalue weighted by molar-refractivity contribution is 0.0501. The van der Waals surface area contributed by atoms with Crippen molar-refractivity contribution in [2.45, 2.75) is 6.10 Å². The molecule has 144 valence electrons. The van der Waals surface area contributed by atoms with Crippen LogP contribution < -0.4 is 11.2 Å². The van der Waals surface area contributed by atoms with Crippen molar-refractivity contribution in [3.8, 4) is 0 Å². The number of nitrogens with one attached hydrogen (secondary N) is 1. The minimum Gasteiger partial charge on any atom is -0.394 e. The molecule has 1 aromatic carbocycles. The highest BCUT2D eigenvalue weighted by molar-refractivity contribution is 9.11. The van der Waals surface area contributed by atoms with E-state index in [-0.39, 0.29) is 43.3 Å². The Balaban J connectivity index is 3.58. The number of aliphatic hydroxyl groups excluding tert-OH is 2. The number of carbonyl (C=O) groups excluding carboxylic acids is 3. The fourth-order valence-electron chi connectivity index (χ4n) is 1.91. The number of ether oxygens (including phenoxy) is 1. The number of nitrogens with two attached hydrogens (primary N) is 1. The monoisotopic (exact) mass is 560 g/mol. The van der Waals surface area contributed by atoms with Crippen LogP contribution in [-0.4, -0.2) is 60.8 Å². The van der Waals surface area contributed by atoms with E-state index in [9.17, 15) is 19.5 Å². The molecule has 0 saturated carbocycles. The van der Waals surface area contributed by atoms with Crippen molar-refractivity contribution in [3.05, 3.63) is 30.1 Å². The Morgan fingerprint density at radius 1 is 1.12 bits per heavy atom. The number of halogens is 3. The summed E-state index contributed by atoms with van der Waals surface area (Å²) in [6.45, 7) is -1.10. The number of ketones is 1. The van der Waals surface area contributed by atoms with E-state index < -0.39 is 30.4 Å². The minimum absolute atomic E-state index is 0.0108. The molecule has 1 unspecified atom stereocenters. The van der Waals surface area contributed by atoms with Gasteiger partial charge in [0.15, 0.2) is 5.78 Å². The molecule has 0 bridgehead atoms. The Morgan fingerprint density at radius 3 is 2.15 bits per heavy atom. The lowest BCUT2D eigenvalue weighted by Crippen LogP contribution is -2.34. The smallest absolute Gasteiger partial charge is 0.358 e. The van der Waals surface area contributed by atoms with Gasteiger partial charge in [0.05, 0.1) is 29.4 Å². The second-order valence-electron chi connectivity index (χ2n) is 4.87. The second-order valence-corrected chi connectivity index (χ2v) is 7.25. The number of Topliss-reactive ketones (excluding diaryl/α,β-unsaturated/α-hetero) is 1. The number of carbonyl (C=O) groups is 3. The fourth-order valence-corrected chi connectivity index (χ4v) is 5.03. The summed E-state index contributed by atoms with van der Waals surface area (Å²) in [6.07, 6.45) is -1.17. The quantitative estimate of drug-likeness (QED) is 0.270. The van der Waals surface area contributed by atoms with Crippen LogP contribution in [0.3, 0.4) is 0 Å². The van der Waals surface area contributed by atoms with E-state index in [0.29, 0.717) is 0 Å². The zero-order valence-corrected chi connectivity index (χ0v) is 18.1. The molecule has 0 fully saturated rings. The molecule has 0 saturated heterocycles. The van der Waals surface area contributed by atoms with Crippen molar-refractivity contribution >= 4 is 65.4 Å². The molecular weight excluding hydrogens is 548 g/mol. The third-order valence-electron chi connectivity index (χ3n) is 3.12.